The molecular formula is C13H26O. The van der Waals surface area contributed by atoms with E-state index in [-0.39, 0.29) is 11.3 Å². The third kappa shape index (κ3) is 2.59. The van der Waals surface area contributed by atoms with Crippen molar-refractivity contribution in [3.63, 3.8) is 0 Å². The van der Waals surface area contributed by atoms with Crippen molar-refractivity contribution in [3.8, 4) is 0 Å². The van der Waals surface area contributed by atoms with Crippen LogP contribution in [0.3, 0.4) is 0 Å². The maximum absolute atomic E-state index is 11.9. The maximum Gasteiger partial charge on any atom is 0.136 e. The van der Waals surface area contributed by atoms with Gasteiger partial charge in [-0.3, -0.25) is 4.79 Å². The Bertz CT molecular complexity index is 160. The van der Waals surface area contributed by atoms with E-state index in [1.54, 1.807) is 0 Å². The molecule has 0 aliphatic rings. The van der Waals surface area contributed by atoms with E-state index in [2.05, 4.69) is 27.7 Å². The van der Waals surface area contributed by atoms with Crippen LogP contribution in [-0.4, -0.2) is 5.78 Å². The van der Waals surface area contributed by atoms with Crippen molar-refractivity contribution in [2.45, 2.75) is 66.7 Å². The van der Waals surface area contributed by atoms with Crippen LogP contribution in [0.4, 0.5) is 0 Å². The molecule has 0 spiro atoms. The predicted molar refractivity (Wildman–Crippen MR) is 62.4 cm³/mol. The standard InChI is InChI=1S/C13H26O/c1-6-11(12(14)7-2)13(8-3,9-4)10-5/h11H,6-10H2,1-5H3. The largest absolute Gasteiger partial charge is 0.299 e. The molecule has 0 N–H and O–H groups in total. The van der Waals surface area contributed by atoms with Crippen LogP contribution in [0.25, 0.3) is 0 Å². The first kappa shape index (κ1) is 13.7. The van der Waals surface area contributed by atoms with Crippen molar-refractivity contribution in [2.75, 3.05) is 0 Å². The lowest BCUT2D eigenvalue weighted by molar-refractivity contribution is -0.127. The molecule has 84 valence electrons. The summed E-state index contributed by atoms with van der Waals surface area (Å²) in [5, 5.41) is 0. The molecule has 0 aromatic rings. The number of ketones is 1. The molecule has 1 heteroatoms. The zero-order chi connectivity index (χ0) is 11.2. The first-order chi connectivity index (χ1) is 6.61. The molecule has 0 amide bonds. The lowest BCUT2D eigenvalue weighted by atomic mass is 9.66. The summed E-state index contributed by atoms with van der Waals surface area (Å²) in [5.74, 6) is 0.741. The fourth-order valence-electron chi connectivity index (χ4n) is 2.74. The predicted octanol–water partition coefficient (Wildman–Crippen LogP) is 4.21. The van der Waals surface area contributed by atoms with Gasteiger partial charge in [0, 0.05) is 12.3 Å². The van der Waals surface area contributed by atoms with Gasteiger partial charge < -0.3 is 0 Å². The molecule has 0 saturated carbocycles. The molecule has 0 bridgehead atoms. The second-order valence-corrected chi connectivity index (χ2v) is 4.20. The highest BCUT2D eigenvalue weighted by molar-refractivity contribution is 5.81. The fraction of sp³-hybridized carbons (Fsp3) is 0.923. The number of carbonyl (C=O) groups excluding carboxylic acids is 1. The van der Waals surface area contributed by atoms with Crippen LogP contribution in [-0.2, 0) is 4.79 Å². The number of rotatable bonds is 7. The highest BCUT2D eigenvalue weighted by Crippen LogP contribution is 2.41. The van der Waals surface area contributed by atoms with Gasteiger partial charge in [-0.15, -0.1) is 0 Å². The lowest BCUT2D eigenvalue weighted by Crippen LogP contribution is -2.34. The molecule has 0 aliphatic heterocycles. The Hall–Kier alpha value is -0.330. The van der Waals surface area contributed by atoms with E-state index in [0.29, 0.717) is 12.2 Å². The molecule has 1 nitrogen and oxygen atoms in total. The summed E-state index contributed by atoms with van der Waals surface area (Å²) >= 11 is 0. The average Bonchev–Trinajstić information content (AvgIpc) is 2.25. The Labute approximate surface area is 89.3 Å². The molecule has 0 fully saturated rings. The van der Waals surface area contributed by atoms with Gasteiger partial charge in [-0.25, -0.2) is 0 Å². The van der Waals surface area contributed by atoms with Gasteiger partial charge in [0.2, 0.25) is 0 Å². The van der Waals surface area contributed by atoms with E-state index in [9.17, 15) is 4.79 Å². The third-order valence-electron chi connectivity index (χ3n) is 4.00. The van der Waals surface area contributed by atoms with Crippen LogP contribution >= 0.6 is 0 Å². The second kappa shape index (κ2) is 6.21. The molecule has 0 heterocycles. The Morgan fingerprint density at radius 3 is 1.64 bits per heavy atom. The molecule has 1 atom stereocenters. The monoisotopic (exact) mass is 198 g/mol. The molecular weight excluding hydrogens is 172 g/mol. The summed E-state index contributed by atoms with van der Waals surface area (Å²) in [6, 6.07) is 0. The first-order valence-corrected chi connectivity index (χ1v) is 6.14. The molecule has 0 rings (SSSR count). The Kier molecular flexibility index (Phi) is 6.06. The molecule has 0 radical (unpaired) electrons. The number of Topliss-reactive ketones (excluding diaryl/α,β-unsaturated/α-hetero) is 1. The summed E-state index contributed by atoms with van der Waals surface area (Å²) in [7, 11) is 0. The van der Waals surface area contributed by atoms with Crippen LogP contribution < -0.4 is 0 Å². The van der Waals surface area contributed by atoms with Crippen molar-refractivity contribution >= 4 is 5.78 Å². The molecule has 0 aliphatic carbocycles. The van der Waals surface area contributed by atoms with E-state index in [4.69, 9.17) is 0 Å². The SMILES string of the molecule is CCC(=O)C(CC)C(CC)(CC)CC. The van der Waals surface area contributed by atoms with Gasteiger partial charge in [0.25, 0.3) is 0 Å². The summed E-state index contributed by atoms with van der Waals surface area (Å²) < 4.78 is 0. The third-order valence-corrected chi connectivity index (χ3v) is 4.00. The summed E-state index contributed by atoms with van der Waals surface area (Å²) in [4.78, 5) is 11.9. The summed E-state index contributed by atoms with van der Waals surface area (Å²) in [6.45, 7) is 10.8. The quantitative estimate of drug-likeness (QED) is 0.599. The number of carbonyl (C=O) groups is 1. The van der Waals surface area contributed by atoms with Crippen molar-refractivity contribution in [3.05, 3.63) is 0 Å². The highest BCUT2D eigenvalue weighted by atomic mass is 16.1. The summed E-state index contributed by atoms with van der Waals surface area (Å²) in [5.41, 5.74) is 0.266. The van der Waals surface area contributed by atoms with E-state index < -0.39 is 0 Å². The van der Waals surface area contributed by atoms with Crippen molar-refractivity contribution < 1.29 is 4.79 Å². The lowest BCUT2D eigenvalue weighted by Gasteiger charge is -2.37. The van der Waals surface area contributed by atoms with Crippen LogP contribution in [0.1, 0.15) is 66.7 Å². The Balaban J connectivity index is 4.83. The zero-order valence-corrected chi connectivity index (χ0v) is 10.5. The van der Waals surface area contributed by atoms with E-state index in [0.717, 1.165) is 25.7 Å². The van der Waals surface area contributed by atoms with Crippen molar-refractivity contribution in [1.82, 2.24) is 0 Å². The van der Waals surface area contributed by atoms with E-state index >= 15 is 0 Å². The average molecular weight is 198 g/mol. The van der Waals surface area contributed by atoms with Crippen molar-refractivity contribution in [1.29, 1.82) is 0 Å². The fourth-order valence-corrected chi connectivity index (χ4v) is 2.74. The van der Waals surface area contributed by atoms with Gasteiger partial charge in [0.1, 0.15) is 5.78 Å². The van der Waals surface area contributed by atoms with Gasteiger partial charge in [-0.1, -0.05) is 34.6 Å². The Morgan fingerprint density at radius 1 is 1.00 bits per heavy atom. The maximum atomic E-state index is 11.9. The molecule has 0 aromatic heterocycles. The van der Waals surface area contributed by atoms with Crippen molar-refractivity contribution in [2.24, 2.45) is 11.3 Å². The minimum absolute atomic E-state index is 0.266. The van der Waals surface area contributed by atoms with Crippen LogP contribution in [0.5, 0.6) is 0 Å². The van der Waals surface area contributed by atoms with Gasteiger partial charge in [-0.05, 0) is 31.1 Å². The summed E-state index contributed by atoms with van der Waals surface area (Å²) in [6.07, 6.45) is 5.08. The number of hydrogen-bond donors (Lipinski definition) is 0. The number of hydrogen-bond acceptors (Lipinski definition) is 1. The molecule has 0 aromatic carbocycles. The second-order valence-electron chi connectivity index (χ2n) is 4.20. The topological polar surface area (TPSA) is 17.1 Å². The minimum Gasteiger partial charge on any atom is -0.299 e. The van der Waals surface area contributed by atoms with Crippen LogP contribution in [0.2, 0.25) is 0 Å². The van der Waals surface area contributed by atoms with Gasteiger partial charge in [0.05, 0.1) is 0 Å². The minimum atomic E-state index is 0.266. The molecule has 0 saturated heterocycles. The van der Waals surface area contributed by atoms with Crippen LogP contribution in [0, 0.1) is 11.3 Å². The van der Waals surface area contributed by atoms with Gasteiger partial charge >= 0.3 is 0 Å². The molecule has 14 heavy (non-hydrogen) atoms. The smallest absolute Gasteiger partial charge is 0.136 e. The molecule has 1 unspecified atom stereocenters. The van der Waals surface area contributed by atoms with Gasteiger partial charge in [0.15, 0.2) is 0 Å². The van der Waals surface area contributed by atoms with E-state index in [1.807, 2.05) is 6.92 Å². The first-order valence-electron chi connectivity index (χ1n) is 6.14. The van der Waals surface area contributed by atoms with E-state index in [1.165, 1.54) is 0 Å². The zero-order valence-electron chi connectivity index (χ0n) is 10.5. The highest BCUT2D eigenvalue weighted by Gasteiger charge is 2.36. The van der Waals surface area contributed by atoms with Crippen LogP contribution in [0.15, 0.2) is 0 Å². The normalized spacial score (nSPS) is 14.1. The Morgan fingerprint density at radius 2 is 1.43 bits per heavy atom. The van der Waals surface area contributed by atoms with Gasteiger partial charge in [-0.2, -0.15) is 0 Å².